The molecule has 1 atom stereocenters. The van der Waals surface area contributed by atoms with Crippen LogP contribution in [0, 0.1) is 0 Å². The van der Waals surface area contributed by atoms with Gasteiger partial charge in [-0.15, -0.1) is 11.3 Å². The Hall–Kier alpha value is -2.74. The first kappa shape index (κ1) is 18.6. The third-order valence-corrected chi connectivity index (χ3v) is 4.43. The lowest BCUT2D eigenvalue weighted by atomic mass is 10.0. The highest BCUT2D eigenvalue weighted by molar-refractivity contribution is 7.13. The molecule has 0 bridgehead atoms. The molecule has 0 aliphatic rings. The van der Waals surface area contributed by atoms with Crippen molar-refractivity contribution in [2.75, 3.05) is 0 Å². The maximum atomic E-state index is 12.1. The summed E-state index contributed by atoms with van der Waals surface area (Å²) in [6.45, 7) is 4.19. The highest BCUT2D eigenvalue weighted by Gasteiger charge is 2.24. The Morgan fingerprint density at radius 1 is 1.16 bits per heavy atom. The molecule has 1 heterocycles. The van der Waals surface area contributed by atoms with Gasteiger partial charge in [-0.05, 0) is 11.5 Å². The second-order valence-corrected chi connectivity index (χ2v) is 6.63. The Labute approximate surface area is 148 Å². The minimum absolute atomic E-state index is 0.0598. The molecule has 1 aromatic carbocycles. The maximum Gasteiger partial charge on any atom is 0.326 e. The minimum atomic E-state index is -1.50. The van der Waals surface area contributed by atoms with Crippen LogP contribution in [-0.4, -0.2) is 39.1 Å². The number of benzene rings is 1. The summed E-state index contributed by atoms with van der Waals surface area (Å²) in [5.41, 5.74) is 2.11. The second kappa shape index (κ2) is 7.89. The van der Waals surface area contributed by atoms with E-state index in [1.165, 1.54) is 22.3 Å². The van der Waals surface area contributed by atoms with Gasteiger partial charge in [-0.25, -0.2) is 9.78 Å². The van der Waals surface area contributed by atoms with E-state index < -0.39 is 30.3 Å². The van der Waals surface area contributed by atoms with Crippen molar-refractivity contribution in [1.29, 1.82) is 0 Å². The summed E-state index contributed by atoms with van der Waals surface area (Å²) in [5, 5.41) is 22.0. The summed E-state index contributed by atoms with van der Waals surface area (Å²) in [7, 11) is 0. The van der Waals surface area contributed by atoms with Gasteiger partial charge < -0.3 is 15.5 Å². The number of carbonyl (C=O) groups is 3. The number of amides is 1. The van der Waals surface area contributed by atoms with Crippen LogP contribution in [0.15, 0.2) is 29.6 Å². The van der Waals surface area contributed by atoms with E-state index in [2.05, 4.69) is 24.1 Å². The molecule has 1 aromatic heterocycles. The maximum absolute atomic E-state index is 12.1. The minimum Gasteiger partial charge on any atom is -0.481 e. The molecular weight excluding hydrogens is 344 g/mol. The number of nitrogens with one attached hydrogen (secondary N) is 1. The van der Waals surface area contributed by atoms with Crippen LogP contribution in [0.1, 0.15) is 42.2 Å². The zero-order chi connectivity index (χ0) is 18.6. The molecule has 0 aliphatic heterocycles. The van der Waals surface area contributed by atoms with Gasteiger partial charge in [0.05, 0.1) is 6.42 Å². The molecule has 8 heteroatoms. The fourth-order valence-electron chi connectivity index (χ4n) is 2.13. The van der Waals surface area contributed by atoms with Crippen molar-refractivity contribution in [3.63, 3.8) is 0 Å². The number of rotatable bonds is 7. The molecule has 25 heavy (non-hydrogen) atoms. The number of hydrogen-bond acceptors (Lipinski definition) is 5. The van der Waals surface area contributed by atoms with Crippen LogP contribution < -0.4 is 5.32 Å². The predicted octanol–water partition coefficient (Wildman–Crippen LogP) is 2.59. The van der Waals surface area contributed by atoms with Gasteiger partial charge >= 0.3 is 11.9 Å². The van der Waals surface area contributed by atoms with Gasteiger partial charge in [0, 0.05) is 10.9 Å². The number of hydrogen-bond donors (Lipinski definition) is 3. The Morgan fingerprint density at radius 3 is 2.32 bits per heavy atom. The summed E-state index contributed by atoms with van der Waals surface area (Å²) in [6, 6.07) is 6.32. The normalized spacial score (nSPS) is 12.0. The molecule has 0 fully saturated rings. The standard InChI is InChI=1S/C17H18N2O5S/c1-9(2)10-3-5-11(6-4-10)16-19-13(8-25-16)15(22)18-12(17(23)24)7-14(20)21/h3-6,8-9,12H,7H2,1-2H3,(H,18,22)(H,20,21)(H,23,24). The molecule has 132 valence electrons. The van der Waals surface area contributed by atoms with E-state index in [9.17, 15) is 14.4 Å². The van der Waals surface area contributed by atoms with Crippen LogP contribution in [0.3, 0.4) is 0 Å². The lowest BCUT2D eigenvalue weighted by molar-refractivity contribution is -0.145. The molecule has 0 radical (unpaired) electrons. The van der Waals surface area contributed by atoms with Crippen molar-refractivity contribution < 1.29 is 24.6 Å². The smallest absolute Gasteiger partial charge is 0.326 e. The van der Waals surface area contributed by atoms with E-state index in [0.29, 0.717) is 10.9 Å². The van der Waals surface area contributed by atoms with E-state index in [4.69, 9.17) is 10.2 Å². The van der Waals surface area contributed by atoms with Crippen LogP contribution >= 0.6 is 11.3 Å². The first-order chi connectivity index (χ1) is 11.8. The third kappa shape index (κ3) is 4.87. The molecule has 0 aliphatic carbocycles. The molecule has 7 nitrogen and oxygen atoms in total. The second-order valence-electron chi connectivity index (χ2n) is 5.78. The van der Waals surface area contributed by atoms with Crippen molar-refractivity contribution >= 4 is 29.2 Å². The summed E-state index contributed by atoms with van der Waals surface area (Å²) in [4.78, 5) is 38.0. The molecule has 2 rings (SSSR count). The fraction of sp³-hybridized carbons (Fsp3) is 0.294. The number of nitrogens with zero attached hydrogens (tertiary/aromatic N) is 1. The quantitative estimate of drug-likeness (QED) is 0.697. The van der Waals surface area contributed by atoms with Gasteiger partial charge in [0.25, 0.3) is 5.91 Å². The Bertz CT molecular complexity index is 783. The molecule has 1 amide bonds. The van der Waals surface area contributed by atoms with Gasteiger partial charge in [0.2, 0.25) is 0 Å². The zero-order valence-corrected chi connectivity index (χ0v) is 14.5. The average Bonchev–Trinajstić information content (AvgIpc) is 3.03. The molecule has 1 unspecified atom stereocenters. The van der Waals surface area contributed by atoms with Crippen LogP contribution in [0.5, 0.6) is 0 Å². The number of carboxylic acids is 2. The van der Waals surface area contributed by atoms with E-state index in [1.807, 2.05) is 24.3 Å². The zero-order valence-electron chi connectivity index (χ0n) is 13.7. The first-order valence-electron chi connectivity index (χ1n) is 7.59. The summed E-state index contributed by atoms with van der Waals surface area (Å²) in [6.07, 6.45) is -0.700. The fourth-order valence-corrected chi connectivity index (χ4v) is 2.93. The van der Waals surface area contributed by atoms with E-state index >= 15 is 0 Å². The summed E-state index contributed by atoms with van der Waals surface area (Å²) >= 11 is 1.26. The molecule has 0 spiro atoms. The van der Waals surface area contributed by atoms with Crippen LogP contribution in [0.4, 0.5) is 0 Å². The van der Waals surface area contributed by atoms with E-state index in [-0.39, 0.29) is 5.69 Å². The monoisotopic (exact) mass is 362 g/mol. The topological polar surface area (TPSA) is 117 Å². The van der Waals surface area contributed by atoms with E-state index in [1.54, 1.807) is 0 Å². The van der Waals surface area contributed by atoms with Gasteiger partial charge in [0.1, 0.15) is 16.7 Å². The number of thiazole rings is 1. The van der Waals surface area contributed by atoms with Crippen LogP contribution in [-0.2, 0) is 9.59 Å². The number of aliphatic carboxylic acids is 2. The lowest BCUT2D eigenvalue weighted by Crippen LogP contribution is -2.42. The average molecular weight is 362 g/mol. The van der Waals surface area contributed by atoms with Crippen LogP contribution in [0.25, 0.3) is 10.6 Å². The number of carboxylic acid groups (broad SMARTS) is 2. The molecular formula is C17H18N2O5S. The third-order valence-electron chi connectivity index (χ3n) is 3.54. The number of carbonyl (C=O) groups excluding carboxylic acids is 1. The number of aromatic nitrogens is 1. The SMILES string of the molecule is CC(C)c1ccc(-c2nc(C(=O)NC(CC(=O)O)C(=O)O)cs2)cc1. The largest absolute Gasteiger partial charge is 0.481 e. The van der Waals surface area contributed by atoms with Crippen molar-refractivity contribution in [1.82, 2.24) is 10.3 Å². The van der Waals surface area contributed by atoms with Crippen molar-refractivity contribution in [2.24, 2.45) is 0 Å². The highest BCUT2D eigenvalue weighted by Crippen LogP contribution is 2.25. The van der Waals surface area contributed by atoms with Gasteiger partial charge in [0.15, 0.2) is 0 Å². The summed E-state index contributed by atoms with van der Waals surface area (Å²) in [5.74, 6) is -3.02. The van der Waals surface area contributed by atoms with Gasteiger partial charge in [-0.1, -0.05) is 38.1 Å². The molecule has 0 saturated heterocycles. The Kier molecular flexibility index (Phi) is 5.87. The Morgan fingerprint density at radius 2 is 1.80 bits per heavy atom. The van der Waals surface area contributed by atoms with Gasteiger partial charge in [-0.3, -0.25) is 9.59 Å². The van der Waals surface area contributed by atoms with Crippen molar-refractivity contribution in [3.8, 4) is 10.6 Å². The van der Waals surface area contributed by atoms with Crippen LogP contribution in [0.2, 0.25) is 0 Å². The summed E-state index contributed by atoms with van der Waals surface area (Å²) < 4.78 is 0. The predicted molar refractivity (Wildman–Crippen MR) is 92.8 cm³/mol. The van der Waals surface area contributed by atoms with Gasteiger partial charge in [-0.2, -0.15) is 0 Å². The highest BCUT2D eigenvalue weighted by atomic mass is 32.1. The van der Waals surface area contributed by atoms with Crippen molar-refractivity contribution in [3.05, 3.63) is 40.9 Å². The lowest BCUT2D eigenvalue weighted by Gasteiger charge is -2.10. The van der Waals surface area contributed by atoms with E-state index in [0.717, 1.165) is 5.56 Å². The Balaban J connectivity index is 2.12. The molecule has 0 saturated carbocycles. The molecule has 2 aromatic rings. The first-order valence-corrected chi connectivity index (χ1v) is 8.47. The molecule has 3 N–H and O–H groups in total. The van der Waals surface area contributed by atoms with Crippen molar-refractivity contribution in [2.45, 2.75) is 32.2 Å².